The maximum Gasteiger partial charge on any atom is 0.324 e. The highest BCUT2D eigenvalue weighted by molar-refractivity contribution is 8.14. The SMILES string of the molecule is O=C(O)C(C(=O)O)C1=NCCS1. The quantitative estimate of drug-likeness (QED) is 0.606. The molecule has 0 aromatic heterocycles. The number of carbonyl (C=O) groups is 2. The van der Waals surface area contributed by atoms with Gasteiger partial charge < -0.3 is 10.2 Å². The van der Waals surface area contributed by atoms with Crippen LogP contribution >= 0.6 is 11.8 Å². The number of nitrogens with zero attached hydrogens (tertiary/aromatic N) is 1. The zero-order chi connectivity index (χ0) is 9.14. The summed E-state index contributed by atoms with van der Waals surface area (Å²) in [5.74, 6) is -3.50. The Morgan fingerprint density at radius 2 is 2.00 bits per heavy atom. The largest absolute Gasteiger partial charge is 0.480 e. The van der Waals surface area contributed by atoms with Crippen LogP contribution in [0.15, 0.2) is 4.99 Å². The summed E-state index contributed by atoms with van der Waals surface area (Å²) in [5, 5.41) is 17.3. The van der Waals surface area contributed by atoms with Crippen LogP contribution in [-0.4, -0.2) is 39.5 Å². The van der Waals surface area contributed by atoms with Gasteiger partial charge in [0.1, 0.15) is 0 Å². The molecule has 0 radical (unpaired) electrons. The van der Waals surface area contributed by atoms with Crippen molar-refractivity contribution < 1.29 is 19.8 Å². The van der Waals surface area contributed by atoms with Crippen molar-refractivity contribution in [1.29, 1.82) is 0 Å². The van der Waals surface area contributed by atoms with Gasteiger partial charge in [0.05, 0.1) is 5.04 Å². The number of hydrogen-bond acceptors (Lipinski definition) is 4. The summed E-state index contributed by atoms with van der Waals surface area (Å²) in [6.07, 6.45) is 0. The van der Waals surface area contributed by atoms with Gasteiger partial charge in [0.25, 0.3) is 0 Å². The van der Waals surface area contributed by atoms with Gasteiger partial charge in [0.15, 0.2) is 0 Å². The van der Waals surface area contributed by atoms with Crippen LogP contribution in [0.1, 0.15) is 0 Å². The molecule has 0 spiro atoms. The highest BCUT2D eigenvalue weighted by Crippen LogP contribution is 2.19. The first kappa shape index (κ1) is 9.05. The Kier molecular flexibility index (Phi) is 2.69. The lowest BCUT2D eigenvalue weighted by molar-refractivity contribution is -0.150. The molecule has 0 atom stereocenters. The Morgan fingerprint density at radius 3 is 2.33 bits per heavy atom. The number of aliphatic carboxylic acids is 2. The molecule has 1 aliphatic rings. The maximum atomic E-state index is 10.5. The number of aliphatic imine (C=N–C) groups is 1. The second kappa shape index (κ2) is 3.57. The molecular formula is C6H7NO4S. The smallest absolute Gasteiger partial charge is 0.324 e. The summed E-state index contributed by atoms with van der Waals surface area (Å²) in [7, 11) is 0. The van der Waals surface area contributed by atoms with Gasteiger partial charge in [-0.25, -0.2) is 0 Å². The first-order chi connectivity index (χ1) is 5.63. The van der Waals surface area contributed by atoms with Crippen molar-refractivity contribution in [3.8, 4) is 0 Å². The van der Waals surface area contributed by atoms with E-state index in [9.17, 15) is 9.59 Å². The van der Waals surface area contributed by atoms with Crippen LogP contribution in [-0.2, 0) is 9.59 Å². The van der Waals surface area contributed by atoms with E-state index >= 15 is 0 Å². The maximum absolute atomic E-state index is 10.5. The van der Waals surface area contributed by atoms with Crippen molar-refractivity contribution >= 4 is 28.7 Å². The van der Waals surface area contributed by atoms with Gasteiger partial charge >= 0.3 is 11.9 Å². The summed E-state index contributed by atoms with van der Waals surface area (Å²) in [4.78, 5) is 24.7. The number of rotatable bonds is 3. The van der Waals surface area contributed by atoms with E-state index in [0.29, 0.717) is 12.3 Å². The molecule has 66 valence electrons. The van der Waals surface area contributed by atoms with Gasteiger partial charge in [0, 0.05) is 12.3 Å². The van der Waals surface area contributed by atoms with E-state index in [1.54, 1.807) is 0 Å². The van der Waals surface area contributed by atoms with Crippen LogP contribution in [0.3, 0.4) is 0 Å². The lowest BCUT2D eigenvalue weighted by atomic mass is 10.2. The average molecular weight is 189 g/mol. The van der Waals surface area contributed by atoms with Crippen molar-refractivity contribution in [3.63, 3.8) is 0 Å². The second-order valence-corrected chi connectivity index (χ2v) is 3.29. The summed E-state index contributed by atoms with van der Waals surface area (Å²) >= 11 is 1.20. The van der Waals surface area contributed by atoms with E-state index in [1.165, 1.54) is 11.8 Å². The highest BCUT2D eigenvalue weighted by atomic mass is 32.2. The third-order valence-electron chi connectivity index (χ3n) is 1.35. The Balaban J connectivity index is 2.78. The predicted molar refractivity (Wildman–Crippen MR) is 43.5 cm³/mol. The summed E-state index contributed by atoms with van der Waals surface area (Å²) in [6.45, 7) is 0.511. The number of hydrogen-bond donors (Lipinski definition) is 2. The number of carboxylic acids is 2. The Bertz CT molecular complexity index is 236. The molecule has 0 amide bonds. The summed E-state index contributed by atoms with van der Waals surface area (Å²) in [5.41, 5.74) is 0. The van der Waals surface area contributed by atoms with Gasteiger partial charge in [-0.2, -0.15) is 0 Å². The molecule has 0 aromatic rings. The van der Waals surface area contributed by atoms with Crippen molar-refractivity contribution in [1.82, 2.24) is 0 Å². The van der Waals surface area contributed by atoms with Crippen LogP contribution in [0, 0.1) is 5.92 Å². The standard InChI is InChI=1S/C6H7NO4S/c8-5(9)3(6(10)11)4-7-1-2-12-4/h3H,1-2H2,(H,8,9)(H,10,11). The average Bonchev–Trinajstić information content (AvgIpc) is 2.37. The minimum Gasteiger partial charge on any atom is -0.480 e. The molecule has 6 heteroatoms. The van der Waals surface area contributed by atoms with Gasteiger partial charge in [-0.15, -0.1) is 11.8 Å². The molecule has 0 saturated heterocycles. The topological polar surface area (TPSA) is 87.0 Å². The fourth-order valence-corrected chi connectivity index (χ4v) is 1.79. The van der Waals surface area contributed by atoms with E-state index in [1.807, 2.05) is 0 Å². The monoisotopic (exact) mass is 189 g/mol. The third kappa shape index (κ3) is 1.76. The van der Waals surface area contributed by atoms with Crippen LogP contribution < -0.4 is 0 Å². The molecule has 1 rings (SSSR count). The van der Waals surface area contributed by atoms with Crippen molar-refractivity contribution in [2.24, 2.45) is 10.9 Å². The molecule has 12 heavy (non-hydrogen) atoms. The van der Waals surface area contributed by atoms with Gasteiger partial charge in [-0.1, -0.05) is 0 Å². The minimum absolute atomic E-state index is 0.204. The highest BCUT2D eigenvalue weighted by Gasteiger charge is 2.33. The first-order valence-corrected chi connectivity index (χ1v) is 4.24. The fraction of sp³-hybridized carbons (Fsp3) is 0.500. The Morgan fingerprint density at radius 1 is 1.42 bits per heavy atom. The zero-order valence-electron chi connectivity index (χ0n) is 6.06. The van der Waals surface area contributed by atoms with Crippen molar-refractivity contribution in [2.75, 3.05) is 12.3 Å². The predicted octanol–water partition coefficient (Wildman–Crippen LogP) is -0.0829. The number of carboxylic acid groups (broad SMARTS) is 2. The molecule has 0 unspecified atom stereocenters. The van der Waals surface area contributed by atoms with Crippen LogP contribution in [0.4, 0.5) is 0 Å². The molecule has 1 heterocycles. The number of thioether (sulfide) groups is 1. The molecule has 2 N–H and O–H groups in total. The summed E-state index contributed by atoms with van der Waals surface area (Å²) in [6, 6.07) is 0. The lowest BCUT2D eigenvalue weighted by Crippen LogP contribution is -2.29. The molecule has 0 aromatic carbocycles. The van der Waals surface area contributed by atoms with Crippen LogP contribution in [0.2, 0.25) is 0 Å². The zero-order valence-corrected chi connectivity index (χ0v) is 6.87. The van der Waals surface area contributed by atoms with E-state index in [0.717, 1.165) is 0 Å². The second-order valence-electron chi connectivity index (χ2n) is 2.18. The normalized spacial score (nSPS) is 16.2. The van der Waals surface area contributed by atoms with Gasteiger partial charge in [0.2, 0.25) is 5.92 Å². The molecule has 1 aliphatic heterocycles. The molecule has 0 aliphatic carbocycles. The molecule has 0 bridgehead atoms. The fourth-order valence-electron chi connectivity index (χ4n) is 0.843. The van der Waals surface area contributed by atoms with E-state index < -0.39 is 17.9 Å². The van der Waals surface area contributed by atoms with Gasteiger partial charge in [-0.05, 0) is 0 Å². The first-order valence-electron chi connectivity index (χ1n) is 3.25. The van der Waals surface area contributed by atoms with Crippen LogP contribution in [0.25, 0.3) is 0 Å². The molecule has 5 nitrogen and oxygen atoms in total. The van der Waals surface area contributed by atoms with Crippen molar-refractivity contribution in [3.05, 3.63) is 0 Å². The van der Waals surface area contributed by atoms with E-state index in [-0.39, 0.29) is 5.04 Å². The molecular weight excluding hydrogens is 182 g/mol. The Hall–Kier alpha value is -1.04. The lowest BCUT2D eigenvalue weighted by Gasteiger charge is -2.04. The third-order valence-corrected chi connectivity index (χ3v) is 2.40. The van der Waals surface area contributed by atoms with Crippen LogP contribution in [0.5, 0.6) is 0 Å². The van der Waals surface area contributed by atoms with Crippen molar-refractivity contribution in [2.45, 2.75) is 0 Å². The molecule has 0 fully saturated rings. The Labute approximate surface area is 72.5 Å². The minimum atomic E-state index is -1.47. The molecule has 0 saturated carbocycles. The van der Waals surface area contributed by atoms with E-state index in [4.69, 9.17) is 10.2 Å². The van der Waals surface area contributed by atoms with E-state index in [2.05, 4.69) is 4.99 Å². The summed E-state index contributed by atoms with van der Waals surface area (Å²) < 4.78 is 0. The van der Waals surface area contributed by atoms with Gasteiger partial charge in [-0.3, -0.25) is 14.6 Å².